The van der Waals surface area contributed by atoms with Crippen LogP contribution in [0.1, 0.15) is 6.42 Å². The van der Waals surface area contributed by atoms with Gasteiger partial charge in [0.15, 0.2) is 12.4 Å². The lowest BCUT2D eigenvalue weighted by Gasteiger charge is -2.40. The first-order valence-corrected chi connectivity index (χ1v) is 6.24. The molecule has 2 heterocycles. The molecule has 0 unspecified atom stereocenters. The van der Waals surface area contributed by atoms with Crippen molar-refractivity contribution < 1.29 is 44.5 Å². The molecule has 0 aromatic heterocycles. The van der Waals surface area contributed by atoms with Gasteiger partial charge in [0.1, 0.15) is 30.5 Å². The van der Waals surface area contributed by atoms with Crippen molar-refractivity contribution in [2.75, 3.05) is 13.2 Å². The molecule has 5 N–H and O–H groups in total. The van der Waals surface area contributed by atoms with Crippen molar-refractivity contribution in [3.63, 3.8) is 0 Å². The van der Waals surface area contributed by atoms with Crippen LogP contribution in [-0.2, 0) is 19.0 Å². The molecule has 0 aliphatic carbocycles. The number of esters is 1. The highest BCUT2D eigenvalue weighted by Crippen LogP contribution is 2.26. The molecule has 0 spiro atoms. The minimum Gasteiger partial charge on any atom is -0.457 e. The molecule has 9 nitrogen and oxygen atoms in total. The van der Waals surface area contributed by atoms with Crippen LogP contribution in [0.15, 0.2) is 0 Å². The van der Waals surface area contributed by atoms with Gasteiger partial charge in [-0.2, -0.15) is 0 Å². The summed E-state index contributed by atoms with van der Waals surface area (Å²) in [6, 6.07) is 0. The van der Waals surface area contributed by atoms with E-state index in [1.807, 2.05) is 0 Å². The fraction of sp³-hybridized carbons (Fsp3) is 0.909. The molecule has 2 fully saturated rings. The topological polar surface area (TPSA) is 146 Å². The first kappa shape index (κ1) is 15.6. The number of hydrogen-bond acceptors (Lipinski definition) is 9. The molecule has 2 rings (SSSR count). The van der Waals surface area contributed by atoms with E-state index in [2.05, 4.69) is 0 Å². The van der Waals surface area contributed by atoms with Crippen molar-refractivity contribution in [2.45, 2.75) is 49.3 Å². The van der Waals surface area contributed by atoms with Gasteiger partial charge in [-0.3, -0.25) is 4.79 Å². The molecule has 2 aliphatic heterocycles. The van der Waals surface area contributed by atoms with Gasteiger partial charge in [0.25, 0.3) is 0 Å². The van der Waals surface area contributed by atoms with Gasteiger partial charge in [0, 0.05) is 0 Å². The lowest BCUT2D eigenvalue weighted by molar-refractivity contribution is -0.314. The molecule has 0 aromatic carbocycles. The van der Waals surface area contributed by atoms with Crippen molar-refractivity contribution in [2.24, 2.45) is 0 Å². The van der Waals surface area contributed by atoms with Crippen LogP contribution in [0, 0.1) is 0 Å². The highest BCUT2D eigenvalue weighted by atomic mass is 16.7. The molecule has 2 saturated heterocycles. The third-order valence-corrected chi connectivity index (χ3v) is 3.40. The molecular formula is C11H18O9. The Bertz CT molecular complexity index is 347. The quantitative estimate of drug-likeness (QED) is 0.333. The van der Waals surface area contributed by atoms with E-state index in [1.165, 1.54) is 0 Å². The summed E-state index contributed by atoms with van der Waals surface area (Å²) in [5, 5.41) is 47.1. The molecule has 7 atom stereocenters. The zero-order valence-electron chi connectivity index (χ0n) is 10.5. The summed E-state index contributed by atoms with van der Waals surface area (Å²) in [7, 11) is 0. The third kappa shape index (κ3) is 2.93. The summed E-state index contributed by atoms with van der Waals surface area (Å²) >= 11 is 0. The Morgan fingerprint density at radius 3 is 2.30 bits per heavy atom. The lowest BCUT2D eigenvalue weighted by Crippen LogP contribution is -2.60. The van der Waals surface area contributed by atoms with E-state index in [9.17, 15) is 20.1 Å². The molecule has 2 aliphatic rings. The number of carbonyl (C=O) groups excluding carboxylic acids is 1. The van der Waals surface area contributed by atoms with Crippen LogP contribution in [0.2, 0.25) is 0 Å². The average molecular weight is 294 g/mol. The zero-order valence-corrected chi connectivity index (χ0v) is 10.5. The fourth-order valence-electron chi connectivity index (χ4n) is 2.23. The van der Waals surface area contributed by atoms with E-state index in [4.69, 9.17) is 24.4 Å². The van der Waals surface area contributed by atoms with E-state index < -0.39 is 62.1 Å². The van der Waals surface area contributed by atoms with Gasteiger partial charge >= 0.3 is 5.97 Å². The van der Waals surface area contributed by atoms with Crippen LogP contribution in [-0.4, -0.2) is 87.6 Å². The number of ether oxygens (including phenoxy) is 3. The fourth-order valence-corrected chi connectivity index (χ4v) is 2.23. The lowest BCUT2D eigenvalue weighted by atomic mass is 9.99. The van der Waals surface area contributed by atoms with Gasteiger partial charge in [-0.1, -0.05) is 0 Å². The minimum atomic E-state index is -1.56. The van der Waals surface area contributed by atoms with Crippen molar-refractivity contribution >= 4 is 5.97 Å². The maximum absolute atomic E-state index is 11.1. The van der Waals surface area contributed by atoms with E-state index >= 15 is 0 Å². The van der Waals surface area contributed by atoms with Gasteiger partial charge in [-0.25, -0.2) is 0 Å². The van der Waals surface area contributed by atoms with E-state index in [0.29, 0.717) is 0 Å². The predicted octanol–water partition coefficient (Wildman–Crippen LogP) is -3.52. The normalized spacial score (nSPS) is 45.5. The van der Waals surface area contributed by atoms with Crippen LogP contribution in [0.3, 0.4) is 0 Å². The molecule has 116 valence electrons. The second-order valence-corrected chi connectivity index (χ2v) is 4.79. The molecule has 0 radical (unpaired) electrons. The van der Waals surface area contributed by atoms with Gasteiger partial charge in [-0.05, 0) is 0 Å². The molecule has 0 bridgehead atoms. The number of rotatable bonds is 4. The standard InChI is InChI=1S/C11H18O9/c12-2-5-4(1-7(14)18-5)19-11-10(17)9(16)8(15)6(3-13)20-11/h4-6,8-13,15-17H,1-3H2/t4-,5+,6+,8+,9-,10+,11+/m0/s1. The third-order valence-electron chi connectivity index (χ3n) is 3.40. The Balaban J connectivity index is 2.02. The molecule has 0 amide bonds. The van der Waals surface area contributed by atoms with Crippen LogP contribution in [0.5, 0.6) is 0 Å². The Morgan fingerprint density at radius 2 is 1.70 bits per heavy atom. The van der Waals surface area contributed by atoms with E-state index in [-0.39, 0.29) is 6.42 Å². The summed E-state index contributed by atoms with van der Waals surface area (Å²) in [6.45, 7) is -1.03. The number of carbonyl (C=O) groups is 1. The first-order valence-electron chi connectivity index (χ1n) is 6.24. The number of aliphatic hydroxyl groups excluding tert-OH is 5. The van der Waals surface area contributed by atoms with Crippen LogP contribution in [0.25, 0.3) is 0 Å². The maximum Gasteiger partial charge on any atom is 0.309 e. The van der Waals surface area contributed by atoms with Crippen LogP contribution in [0.4, 0.5) is 0 Å². The molecule has 0 aromatic rings. The zero-order chi connectivity index (χ0) is 14.9. The molecule has 0 saturated carbocycles. The summed E-state index contributed by atoms with van der Waals surface area (Å²) < 4.78 is 15.3. The molecule has 9 heteroatoms. The maximum atomic E-state index is 11.1. The Morgan fingerprint density at radius 1 is 1.05 bits per heavy atom. The van der Waals surface area contributed by atoms with Crippen LogP contribution < -0.4 is 0 Å². The van der Waals surface area contributed by atoms with Crippen LogP contribution >= 0.6 is 0 Å². The smallest absolute Gasteiger partial charge is 0.309 e. The number of aliphatic hydroxyl groups is 5. The monoisotopic (exact) mass is 294 g/mol. The Kier molecular flexibility index (Phi) is 4.91. The molecule has 20 heavy (non-hydrogen) atoms. The van der Waals surface area contributed by atoms with Gasteiger partial charge in [0.2, 0.25) is 0 Å². The largest absolute Gasteiger partial charge is 0.457 e. The van der Waals surface area contributed by atoms with Crippen molar-refractivity contribution in [1.82, 2.24) is 0 Å². The number of cyclic esters (lactones) is 1. The Labute approximate surface area is 114 Å². The second-order valence-electron chi connectivity index (χ2n) is 4.79. The van der Waals surface area contributed by atoms with E-state index in [0.717, 1.165) is 0 Å². The van der Waals surface area contributed by atoms with Gasteiger partial charge < -0.3 is 39.7 Å². The first-order chi connectivity index (χ1) is 9.47. The summed E-state index contributed by atoms with van der Waals surface area (Å²) in [4.78, 5) is 11.1. The summed E-state index contributed by atoms with van der Waals surface area (Å²) in [5.74, 6) is -0.557. The second kappa shape index (κ2) is 6.31. The SMILES string of the molecule is O=C1C[C@H](O[C@@H]2O[C@H](CO)[C@@H](O)[C@H](O)[C@H]2O)[C@@H](CO)O1. The molecular weight excluding hydrogens is 276 g/mol. The van der Waals surface area contributed by atoms with Gasteiger partial charge in [0.05, 0.1) is 19.6 Å². The van der Waals surface area contributed by atoms with Crippen molar-refractivity contribution in [3.05, 3.63) is 0 Å². The highest BCUT2D eigenvalue weighted by molar-refractivity contribution is 5.72. The van der Waals surface area contributed by atoms with E-state index in [1.54, 1.807) is 0 Å². The Hall–Kier alpha value is -0.810. The highest BCUT2D eigenvalue weighted by Gasteiger charge is 2.47. The minimum absolute atomic E-state index is 0.125. The average Bonchev–Trinajstić information content (AvgIpc) is 2.79. The predicted molar refractivity (Wildman–Crippen MR) is 60.2 cm³/mol. The van der Waals surface area contributed by atoms with Crippen molar-refractivity contribution in [1.29, 1.82) is 0 Å². The summed E-state index contributed by atoms with van der Waals surface area (Å²) in [6.07, 6.45) is -8.88. The van der Waals surface area contributed by atoms with Gasteiger partial charge in [-0.15, -0.1) is 0 Å². The summed E-state index contributed by atoms with van der Waals surface area (Å²) in [5.41, 5.74) is 0. The van der Waals surface area contributed by atoms with Crippen molar-refractivity contribution in [3.8, 4) is 0 Å². The number of hydrogen-bond donors (Lipinski definition) is 5.